The Morgan fingerprint density at radius 2 is 0.936 bits per heavy atom. The van der Waals surface area contributed by atoms with Crippen molar-refractivity contribution in [3.63, 3.8) is 0 Å². The molecule has 1 aromatic heterocycles. The Balaban J connectivity index is 0.787. The van der Waals surface area contributed by atoms with Gasteiger partial charge in [-0.1, -0.05) is 127 Å². The zero-order valence-corrected chi connectivity index (χ0v) is 45.6. The van der Waals surface area contributed by atoms with Crippen LogP contribution in [0.15, 0.2) is 126 Å². The fraction of sp³-hybridized carbons (Fsp3) is 0.355. The Labute approximate surface area is 456 Å². The van der Waals surface area contributed by atoms with E-state index in [9.17, 15) is 19.2 Å². The first kappa shape index (κ1) is 55.8. The molecule has 8 rings (SSSR count). The SMILES string of the molecule is COC(=O)NCC1(C)CC(NC(=O)Oc2ccc(-c3nnc(-c4ccc(OC(=O)NCC5(C)CC(NC(=O)Oc6ccccc6/C=C/c6ccc(/C=C/c7ccccc7OC)cc6)CC(C)(C)C5)cc4)o3)cc2)CC(C)(C)C1. The first-order valence-electron chi connectivity index (χ1n) is 26.2. The van der Waals surface area contributed by atoms with Crippen LogP contribution in [-0.4, -0.2) is 74.0 Å². The van der Waals surface area contributed by atoms with E-state index in [0.29, 0.717) is 54.3 Å². The van der Waals surface area contributed by atoms with Gasteiger partial charge in [0, 0.05) is 47.4 Å². The highest BCUT2D eigenvalue weighted by Gasteiger charge is 2.43. The van der Waals surface area contributed by atoms with E-state index in [1.54, 1.807) is 61.7 Å². The number of alkyl carbamates (subject to hydrolysis) is 1. The summed E-state index contributed by atoms with van der Waals surface area (Å²) in [6.07, 6.45) is 10.3. The van der Waals surface area contributed by atoms with E-state index in [2.05, 4.69) is 73.0 Å². The smallest absolute Gasteiger partial charge is 0.412 e. The maximum absolute atomic E-state index is 13.5. The number of carbonyl (C=O) groups excluding carboxylic acids is 4. The Bertz CT molecular complexity index is 3110. The normalized spacial score (nSPS) is 20.5. The van der Waals surface area contributed by atoms with E-state index in [-0.39, 0.29) is 45.5 Å². The van der Waals surface area contributed by atoms with Crippen molar-refractivity contribution in [1.29, 1.82) is 0 Å². The molecule has 16 nitrogen and oxygen atoms in total. The predicted molar refractivity (Wildman–Crippen MR) is 301 cm³/mol. The summed E-state index contributed by atoms with van der Waals surface area (Å²) in [7, 11) is 3.00. The van der Waals surface area contributed by atoms with Crippen molar-refractivity contribution < 1.29 is 47.3 Å². The average molecular weight is 1060 g/mol. The van der Waals surface area contributed by atoms with Crippen LogP contribution in [0.25, 0.3) is 47.2 Å². The summed E-state index contributed by atoms with van der Waals surface area (Å²) in [6.45, 7) is 13.6. The third-order valence-corrected chi connectivity index (χ3v) is 14.2. The van der Waals surface area contributed by atoms with Gasteiger partial charge >= 0.3 is 24.4 Å². The fourth-order valence-corrected chi connectivity index (χ4v) is 11.5. The van der Waals surface area contributed by atoms with Crippen molar-refractivity contribution in [2.45, 2.75) is 92.2 Å². The molecule has 4 unspecified atom stereocenters. The lowest BCUT2D eigenvalue weighted by atomic mass is 9.62. The Morgan fingerprint density at radius 3 is 1.41 bits per heavy atom. The maximum atomic E-state index is 13.5. The first-order chi connectivity index (χ1) is 37.2. The molecule has 16 heteroatoms. The molecule has 4 amide bonds. The third kappa shape index (κ3) is 15.6. The van der Waals surface area contributed by atoms with Crippen molar-refractivity contribution in [3.8, 4) is 45.9 Å². The molecular weight excluding hydrogens is 989 g/mol. The molecular formula is C62H70N6O10. The minimum absolute atomic E-state index is 0.0656. The van der Waals surface area contributed by atoms with Gasteiger partial charge in [-0.25, -0.2) is 19.2 Å². The Morgan fingerprint density at radius 1 is 0.513 bits per heavy atom. The lowest BCUT2D eigenvalue weighted by Gasteiger charge is -2.46. The van der Waals surface area contributed by atoms with Gasteiger partial charge in [0.05, 0.1) is 14.2 Å². The van der Waals surface area contributed by atoms with Crippen molar-refractivity contribution in [2.75, 3.05) is 27.3 Å². The summed E-state index contributed by atoms with van der Waals surface area (Å²) in [6, 6.07) is 36.6. The lowest BCUT2D eigenvalue weighted by Crippen LogP contribution is -2.51. The number of hydrogen-bond donors (Lipinski definition) is 4. The first-order valence-corrected chi connectivity index (χ1v) is 26.2. The number of nitrogens with zero attached hydrogens (tertiary/aromatic N) is 2. The van der Waals surface area contributed by atoms with Gasteiger partial charge in [0.25, 0.3) is 0 Å². The molecule has 2 aliphatic rings. The zero-order chi connectivity index (χ0) is 55.5. The molecule has 2 aliphatic carbocycles. The highest BCUT2D eigenvalue weighted by atomic mass is 16.6. The minimum Gasteiger partial charge on any atom is -0.496 e. The number of amides is 4. The number of nitrogens with one attached hydrogen (secondary N) is 4. The Kier molecular flexibility index (Phi) is 17.4. The highest BCUT2D eigenvalue weighted by molar-refractivity contribution is 5.78. The van der Waals surface area contributed by atoms with Crippen LogP contribution in [0.5, 0.6) is 23.0 Å². The zero-order valence-electron chi connectivity index (χ0n) is 45.6. The molecule has 2 fully saturated rings. The summed E-state index contributed by atoms with van der Waals surface area (Å²) in [5.41, 5.74) is 4.25. The molecule has 4 atom stereocenters. The van der Waals surface area contributed by atoms with Gasteiger partial charge < -0.3 is 49.4 Å². The van der Waals surface area contributed by atoms with Crippen molar-refractivity contribution in [3.05, 3.63) is 144 Å². The van der Waals surface area contributed by atoms with Gasteiger partial charge in [-0.15, -0.1) is 10.2 Å². The molecule has 0 saturated heterocycles. The molecule has 78 heavy (non-hydrogen) atoms. The van der Waals surface area contributed by atoms with E-state index in [4.69, 9.17) is 28.1 Å². The van der Waals surface area contributed by atoms with Crippen LogP contribution in [0.2, 0.25) is 0 Å². The van der Waals surface area contributed by atoms with Gasteiger partial charge in [0.2, 0.25) is 11.8 Å². The summed E-state index contributed by atoms with van der Waals surface area (Å²) in [4.78, 5) is 51.4. The van der Waals surface area contributed by atoms with Gasteiger partial charge in [0.1, 0.15) is 23.0 Å². The van der Waals surface area contributed by atoms with E-state index in [0.717, 1.165) is 53.7 Å². The van der Waals surface area contributed by atoms with Crippen LogP contribution in [0.3, 0.4) is 0 Å². The number of para-hydroxylation sites is 2. The number of benzene rings is 5. The Hall–Kier alpha value is -8.40. The summed E-state index contributed by atoms with van der Waals surface area (Å²) >= 11 is 0. The minimum atomic E-state index is -0.603. The second kappa shape index (κ2) is 24.3. The number of ether oxygens (including phenoxy) is 5. The van der Waals surface area contributed by atoms with Crippen LogP contribution in [-0.2, 0) is 4.74 Å². The number of carbonyl (C=O) groups is 4. The van der Waals surface area contributed by atoms with Gasteiger partial charge in [0.15, 0.2) is 0 Å². The second-order valence-electron chi connectivity index (χ2n) is 22.7. The fourth-order valence-electron chi connectivity index (χ4n) is 11.5. The molecule has 0 aliphatic heterocycles. The van der Waals surface area contributed by atoms with E-state index < -0.39 is 24.4 Å². The van der Waals surface area contributed by atoms with E-state index in [1.807, 2.05) is 91.0 Å². The number of rotatable bonds is 16. The largest absolute Gasteiger partial charge is 0.496 e. The summed E-state index contributed by atoms with van der Waals surface area (Å²) in [5, 5.41) is 20.3. The monoisotopic (exact) mass is 1060 g/mol. The van der Waals surface area contributed by atoms with E-state index in [1.165, 1.54) is 7.11 Å². The van der Waals surface area contributed by atoms with Crippen LogP contribution in [0.4, 0.5) is 19.2 Å². The van der Waals surface area contributed by atoms with Crippen molar-refractivity contribution in [2.24, 2.45) is 21.7 Å². The van der Waals surface area contributed by atoms with Gasteiger partial charge in [-0.3, -0.25) is 0 Å². The van der Waals surface area contributed by atoms with Gasteiger partial charge in [-0.2, -0.15) is 0 Å². The summed E-state index contributed by atoms with van der Waals surface area (Å²) in [5.74, 6) is 2.45. The lowest BCUT2D eigenvalue weighted by molar-refractivity contribution is 0.0685. The maximum Gasteiger partial charge on any atom is 0.412 e. The average Bonchev–Trinajstić information content (AvgIpc) is 3.90. The molecule has 2 saturated carbocycles. The second-order valence-corrected chi connectivity index (χ2v) is 22.7. The molecule has 0 bridgehead atoms. The highest BCUT2D eigenvalue weighted by Crippen LogP contribution is 2.47. The van der Waals surface area contributed by atoms with E-state index >= 15 is 0 Å². The van der Waals surface area contributed by atoms with Crippen LogP contribution >= 0.6 is 0 Å². The quantitative estimate of drug-likeness (QED) is 0.0669. The molecule has 5 aromatic carbocycles. The third-order valence-electron chi connectivity index (χ3n) is 14.2. The van der Waals surface area contributed by atoms with Crippen LogP contribution < -0.4 is 40.2 Å². The number of aromatic nitrogens is 2. The standard InChI is InChI=1S/C62H70N6O10/c1-59(2)33-47(35-61(5,37-59)39-63-55(69)74-8)65-57(71)76-50-31-27-46(28-32-50)54-68-67-53(78-54)45-25-29-49(30-26-45)75-56(70)64-40-62(6)36-48(34-60(3,4)38-62)66-58(72)77-52-16-12-10-14-44(52)24-22-42-19-17-41(18-20-42)21-23-43-13-9-11-15-51(43)73-7/h9-32,47-48H,33-40H2,1-8H3,(H,63,69)(H,64,70)(H,65,71)(H,66,72)/b23-21+,24-22+. The molecule has 4 N–H and O–H groups in total. The number of hydrogen-bond acceptors (Lipinski definition) is 12. The molecule has 408 valence electrons. The van der Waals surface area contributed by atoms with Crippen LogP contribution in [0.1, 0.15) is 102 Å². The van der Waals surface area contributed by atoms with Crippen LogP contribution in [0, 0.1) is 21.7 Å². The molecule has 1 heterocycles. The van der Waals surface area contributed by atoms with Crippen molar-refractivity contribution >= 4 is 48.7 Å². The molecule has 0 radical (unpaired) electrons. The topological polar surface area (TPSA) is 201 Å². The summed E-state index contributed by atoms with van der Waals surface area (Å²) < 4.78 is 33.4. The number of methoxy groups -OCH3 is 2. The molecule has 0 spiro atoms. The predicted octanol–water partition coefficient (Wildman–Crippen LogP) is 13.2. The molecule has 6 aromatic rings. The van der Waals surface area contributed by atoms with Gasteiger partial charge in [-0.05, 0) is 132 Å². The van der Waals surface area contributed by atoms with Crippen molar-refractivity contribution in [1.82, 2.24) is 31.5 Å².